The second-order valence-electron chi connectivity index (χ2n) is 7.54. The number of alkyl halides is 3. The van der Waals surface area contributed by atoms with Crippen molar-refractivity contribution in [2.24, 2.45) is 5.92 Å². The van der Waals surface area contributed by atoms with Gasteiger partial charge < -0.3 is 4.74 Å². The first kappa shape index (κ1) is 21.4. The third-order valence-corrected chi connectivity index (χ3v) is 7.25. The number of esters is 1. The number of hydrogen-bond donors (Lipinski definition) is 0. The van der Waals surface area contributed by atoms with Crippen molar-refractivity contribution in [3.05, 3.63) is 53.3 Å². The molecule has 1 aliphatic carbocycles. The van der Waals surface area contributed by atoms with Crippen LogP contribution in [0.3, 0.4) is 0 Å². The first-order valence-corrected chi connectivity index (χ1v) is 10.6. The van der Waals surface area contributed by atoms with Gasteiger partial charge >= 0.3 is 12.1 Å². The average Bonchev–Trinajstić information content (AvgIpc) is 3.04. The topological polar surface area (TPSA) is 65.4 Å². The summed E-state index contributed by atoms with van der Waals surface area (Å²) in [6.45, 7) is 3.61. The normalized spacial score (nSPS) is 19.3. The molecule has 0 aliphatic heterocycles. The fraction of sp³-hybridized carbons (Fsp3) is 0.450. The Hall–Kier alpha value is -2.29. The Morgan fingerprint density at radius 3 is 2.34 bits per heavy atom. The zero-order valence-corrected chi connectivity index (χ0v) is 17.1. The Balaban J connectivity index is 2.02. The fourth-order valence-corrected chi connectivity index (χ4v) is 5.20. The highest BCUT2D eigenvalue weighted by molar-refractivity contribution is 7.90. The van der Waals surface area contributed by atoms with Crippen LogP contribution in [0.1, 0.15) is 37.1 Å². The highest BCUT2D eigenvalue weighted by Gasteiger charge is 2.59. The number of nitrogens with zero attached hydrogens (tertiary/aromatic N) is 1. The summed E-state index contributed by atoms with van der Waals surface area (Å²) in [5.41, 5.74) is -0.825. The largest absolute Gasteiger partial charge is 0.450 e. The van der Waals surface area contributed by atoms with Crippen LogP contribution < -0.4 is 0 Å². The molecule has 0 saturated heterocycles. The molecule has 2 atom stereocenters. The van der Waals surface area contributed by atoms with Crippen LogP contribution in [-0.2, 0) is 32.4 Å². The fourth-order valence-electron chi connectivity index (χ4n) is 3.79. The quantitative estimate of drug-likeness (QED) is 0.689. The zero-order chi connectivity index (χ0) is 21.6. The molecule has 0 spiro atoms. The molecule has 0 bridgehead atoms. The van der Waals surface area contributed by atoms with Crippen LogP contribution in [-0.4, -0.2) is 30.1 Å². The van der Waals surface area contributed by atoms with Gasteiger partial charge in [0.1, 0.15) is 0 Å². The van der Waals surface area contributed by atoms with Crippen molar-refractivity contribution in [2.45, 2.75) is 56.7 Å². The molecule has 0 radical (unpaired) electrons. The molecule has 1 heterocycles. The van der Waals surface area contributed by atoms with Crippen LogP contribution in [0.15, 0.2) is 41.4 Å². The predicted molar refractivity (Wildman–Crippen MR) is 99.9 cm³/mol. The first-order valence-electron chi connectivity index (χ1n) is 9.14. The summed E-state index contributed by atoms with van der Waals surface area (Å²) in [4.78, 5) is 11.4. The number of benzene rings is 1. The van der Waals surface area contributed by atoms with Crippen LogP contribution in [0.4, 0.5) is 13.2 Å². The molecule has 0 saturated carbocycles. The molecule has 29 heavy (non-hydrogen) atoms. The monoisotopic (exact) mass is 429 g/mol. The summed E-state index contributed by atoms with van der Waals surface area (Å²) in [6.07, 6.45) is -3.18. The average molecular weight is 429 g/mol. The van der Waals surface area contributed by atoms with E-state index < -0.39 is 33.7 Å². The van der Waals surface area contributed by atoms with Gasteiger partial charge in [-0.05, 0) is 56.9 Å². The molecule has 0 N–H and O–H groups in total. The van der Waals surface area contributed by atoms with Gasteiger partial charge in [0.25, 0.3) is 10.0 Å². The molecule has 9 heteroatoms. The van der Waals surface area contributed by atoms with Crippen molar-refractivity contribution in [3.8, 4) is 0 Å². The minimum absolute atomic E-state index is 0.0576. The number of fused-ring (bicyclic) bond motifs is 1. The van der Waals surface area contributed by atoms with E-state index in [1.165, 1.54) is 18.3 Å². The van der Waals surface area contributed by atoms with Crippen molar-refractivity contribution < 1.29 is 31.1 Å². The summed E-state index contributed by atoms with van der Waals surface area (Å²) in [7, 11) is -3.95. The van der Waals surface area contributed by atoms with Gasteiger partial charge in [-0.3, -0.25) is 4.79 Å². The summed E-state index contributed by atoms with van der Waals surface area (Å²) in [5.74, 6) is -2.13. The lowest BCUT2D eigenvalue weighted by Gasteiger charge is -2.40. The Morgan fingerprint density at radius 2 is 1.79 bits per heavy atom. The molecular formula is C20H22F3NO4S. The van der Waals surface area contributed by atoms with Crippen LogP contribution in [0.25, 0.3) is 0 Å². The van der Waals surface area contributed by atoms with Crippen LogP contribution in [0, 0.1) is 12.8 Å². The van der Waals surface area contributed by atoms with Gasteiger partial charge in [0.2, 0.25) is 5.60 Å². The highest BCUT2D eigenvalue weighted by Crippen LogP contribution is 2.45. The lowest BCUT2D eigenvalue weighted by molar-refractivity contribution is -0.281. The van der Waals surface area contributed by atoms with E-state index >= 15 is 0 Å². The second kappa shape index (κ2) is 7.19. The minimum Gasteiger partial charge on any atom is -0.450 e. The number of aryl methyl sites for hydroxylation is 2. The van der Waals surface area contributed by atoms with Crippen molar-refractivity contribution >= 4 is 16.0 Å². The van der Waals surface area contributed by atoms with Gasteiger partial charge in [-0.2, -0.15) is 13.2 Å². The molecule has 2 unspecified atom stereocenters. The lowest BCUT2D eigenvalue weighted by Crippen LogP contribution is -2.53. The van der Waals surface area contributed by atoms with E-state index in [2.05, 4.69) is 0 Å². The van der Waals surface area contributed by atoms with E-state index in [0.29, 0.717) is 11.3 Å². The van der Waals surface area contributed by atoms with Crippen molar-refractivity contribution in [3.63, 3.8) is 0 Å². The summed E-state index contributed by atoms with van der Waals surface area (Å²) >= 11 is 0. The van der Waals surface area contributed by atoms with E-state index in [9.17, 15) is 26.4 Å². The number of aromatic nitrogens is 1. The summed E-state index contributed by atoms with van der Waals surface area (Å²) < 4.78 is 73.3. The number of carbonyl (C=O) groups is 1. The molecule has 3 rings (SSSR count). The van der Waals surface area contributed by atoms with Crippen molar-refractivity contribution in [2.75, 3.05) is 0 Å². The Morgan fingerprint density at radius 1 is 1.17 bits per heavy atom. The van der Waals surface area contributed by atoms with E-state index in [4.69, 9.17) is 4.74 Å². The molecule has 0 fully saturated rings. The van der Waals surface area contributed by atoms with Gasteiger partial charge in [0.15, 0.2) is 0 Å². The molecule has 5 nitrogen and oxygen atoms in total. The number of carbonyl (C=O) groups excluding carboxylic acids is 1. The Labute approximate surface area is 167 Å². The van der Waals surface area contributed by atoms with Gasteiger partial charge in [-0.15, -0.1) is 0 Å². The minimum atomic E-state index is -4.78. The molecule has 1 aromatic carbocycles. The number of hydrogen-bond acceptors (Lipinski definition) is 4. The lowest BCUT2D eigenvalue weighted by atomic mass is 9.76. The van der Waals surface area contributed by atoms with Crippen molar-refractivity contribution in [1.82, 2.24) is 3.97 Å². The second-order valence-corrected chi connectivity index (χ2v) is 9.35. The van der Waals surface area contributed by atoms with Gasteiger partial charge in [-0.1, -0.05) is 17.7 Å². The Bertz CT molecular complexity index is 1020. The molecule has 1 aliphatic rings. The molecule has 0 amide bonds. The van der Waals surface area contributed by atoms with E-state index in [1.54, 1.807) is 18.2 Å². The molecule has 1 aromatic heterocycles. The van der Waals surface area contributed by atoms with Gasteiger partial charge in [-0.25, -0.2) is 12.4 Å². The molecular weight excluding hydrogens is 407 g/mol. The van der Waals surface area contributed by atoms with Crippen LogP contribution >= 0.6 is 0 Å². The maximum atomic E-state index is 13.8. The number of rotatable bonds is 4. The maximum absolute atomic E-state index is 13.8. The van der Waals surface area contributed by atoms with Gasteiger partial charge in [0, 0.05) is 24.7 Å². The SMILES string of the molecule is CC(=O)OC(C)(C1CCc2ccn(S(=O)(=O)c3ccc(C)cc3)c2C1)C(F)(F)F. The van der Waals surface area contributed by atoms with E-state index in [1.807, 2.05) is 6.92 Å². The molecule has 2 aromatic rings. The first-order chi connectivity index (χ1) is 13.4. The maximum Gasteiger partial charge on any atom is 0.428 e. The van der Waals surface area contributed by atoms with E-state index in [0.717, 1.165) is 23.4 Å². The summed E-state index contributed by atoms with van der Waals surface area (Å²) in [6, 6.07) is 7.88. The van der Waals surface area contributed by atoms with Crippen LogP contribution in [0.5, 0.6) is 0 Å². The smallest absolute Gasteiger partial charge is 0.428 e. The van der Waals surface area contributed by atoms with E-state index in [-0.39, 0.29) is 24.2 Å². The standard InChI is InChI=1S/C20H22F3NO4S/c1-13-4-8-17(9-5-13)29(26,27)24-11-10-15-6-7-16(12-18(15)24)19(3,20(21,22)23)28-14(2)25/h4-5,8-11,16H,6-7,12H2,1-3H3. The third kappa shape index (κ3) is 3.80. The van der Waals surface area contributed by atoms with Crippen molar-refractivity contribution in [1.29, 1.82) is 0 Å². The van der Waals surface area contributed by atoms with Gasteiger partial charge in [0.05, 0.1) is 4.90 Å². The predicted octanol–water partition coefficient (Wildman–Crippen LogP) is 4.02. The number of halogens is 3. The van der Waals surface area contributed by atoms with Crippen LogP contribution in [0.2, 0.25) is 0 Å². The summed E-state index contributed by atoms with van der Waals surface area (Å²) in [5, 5.41) is 0. The Kier molecular flexibility index (Phi) is 5.31. The third-order valence-electron chi connectivity index (χ3n) is 5.53. The zero-order valence-electron chi connectivity index (χ0n) is 16.3. The molecule has 158 valence electrons. The number of ether oxygens (including phenoxy) is 1. The highest BCUT2D eigenvalue weighted by atomic mass is 32.2.